The van der Waals surface area contributed by atoms with Crippen molar-refractivity contribution in [2.24, 2.45) is 10.3 Å². The number of oxime groups is 1. The largest absolute Gasteiger partial charge is 0.389 e. The minimum absolute atomic E-state index is 0.497. The van der Waals surface area contributed by atoms with Crippen LogP contribution in [0.4, 0.5) is 0 Å². The summed E-state index contributed by atoms with van der Waals surface area (Å²) < 4.78 is 0. The molecule has 0 bridgehead atoms. The monoisotopic (exact) mass is 280 g/mol. The highest BCUT2D eigenvalue weighted by Crippen LogP contribution is 2.18. The van der Waals surface area contributed by atoms with Crippen LogP contribution in [0.1, 0.15) is 22.5 Å². The second-order valence-corrected chi connectivity index (χ2v) is 4.82. The van der Waals surface area contributed by atoms with E-state index in [1.54, 1.807) is 11.2 Å². The number of aromatic nitrogens is 1. The Morgan fingerprint density at radius 3 is 2.90 bits per heavy atom. The van der Waals surface area contributed by atoms with Crippen molar-refractivity contribution in [1.82, 2.24) is 9.99 Å². The highest BCUT2D eigenvalue weighted by molar-refractivity contribution is 6.00. The van der Waals surface area contributed by atoms with Gasteiger partial charge in [0.2, 0.25) is 0 Å². The minimum atomic E-state index is 0.497. The van der Waals surface area contributed by atoms with Crippen LogP contribution < -0.4 is 0 Å². The zero-order valence-electron chi connectivity index (χ0n) is 12.0. The average Bonchev–Trinajstić information content (AvgIpc) is 2.52. The fourth-order valence-corrected chi connectivity index (χ4v) is 2.15. The lowest BCUT2D eigenvalue weighted by Gasteiger charge is -2.21. The van der Waals surface area contributed by atoms with Gasteiger partial charge < -0.3 is 4.84 Å². The van der Waals surface area contributed by atoms with Gasteiger partial charge in [0.15, 0.2) is 5.84 Å². The Hall–Kier alpha value is -2.69. The van der Waals surface area contributed by atoms with E-state index in [9.17, 15) is 0 Å². The molecule has 2 heterocycles. The van der Waals surface area contributed by atoms with Crippen LogP contribution in [0.3, 0.4) is 0 Å². The van der Waals surface area contributed by atoms with Gasteiger partial charge in [0, 0.05) is 23.9 Å². The lowest BCUT2D eigenvalue weighted by Crippen LogP contribution is -2.26. The first-order chi connectivity index (χ1) is 10.2. The lowest BCUT2D eigenvalue weighted by atomic mass is 10.1. The summed E-state index contributed by atoms with van der Waals surface area (Å²) in [6, 6.07) is 13.9. The molecular weight excluding hydrogens is 264 g/mol. The van der Waals surface area contributed by atoms with Gasteiger partial charge in [-0.05, 0) is 19.1 Å². The summed E-state index contributed by atoms with van der Waals surface area (Å²) in [6.07, 6.45) is 1.72. The van der Waals surface area contributed by atoms with Crippen molar-refractivity contribution in [3.05, 3.63) is 65.0 Å². The van der Waals surface area contributed by atoms with Crippen LogP contribution in [0.2, 0.25) is 0 Å². The van der Waals surface area contributed by atoms with Crippen LogP contribution in [-0.2, 0) is 11.4 Å². The Labute approximate surface area is 123 Å². The molecule has 0 spiro atoms. The molecule has 1 aliphatic heterocycles. The van der Waals surface area contributed by atoms with Crippen LogP contribution in [0.15, 0.2) is 52.7 Å². The molecule has 1 aromatic heterocycles. The molecule has 0 atom stereocenters. The third-order valence-electron chi connectivity index (χ3n) is 3.21. The van der Waals surface area contributed by atoms with Crippen LogP contribution in [0, 0.1) is 6.92 Å². The number of amidine groups is 1. The first-order valence-electron chi connectivity index (χ1n) is 6.73. The SMILES string of the molecule is Cc1cccc(C=NN(C)C2=NOCc3ccccc32)n1. The Bertz CT molecular complexity index is 709. The highest BCUT2D eigenvalue weighted by atomic mass is 16.6. The molecule has 0 fully saturated rings. The molecule has 5 heteroatoms. The van der Waals surface area contributed by atoms with E-state index in [-0.39, 0.29) is 0 Å². The summed E-state index contributed by atoms with van der Waals surface area (Å²) in [5.74, 6) is 0.695. The van der Waals surface area contributed by atoms with Crippen molar-refractivity contribution in [3.8, 4) is 0 Å². The average molecular weight is 280 g/mol. The van der Waals surface area contributed by atoms with E-state index in [4.69, 9.17) is 4.84 Å². The summed E-state index contributed by atoms with van der Waals surface area (Å²) >= 11 is 0. The summed E-state index contributed by atoms with van der Waals surface area (Å²) in [6.45, 7) is 2.45. The number of pyridine rings is 1. The Kier molecular flexibility index (Phi) is 3.64. The number of fused-ring (bicyclic) bond motifs is 1. The predicted molar refractivity (Wildman–Crippen MR) is 82.1 cm³/mol. The van der Waals surface area contributed by atoms with Crippen molar-refractivity contribution in [2.75, 3.05) is 7.05 Å². The van der Waals surface area contributed by atoms with E-state index >= 15 is 0 Å². The molecular formula is C16H16N4O. The van der Waals surface area contributed by atoms with E-state index in [0.29, 0.717) is 12.4 Å². The number of hydrogen-bond acceptors (Lipinski definition) is 5. The topological polar surface area (TPSA) is 50.1 Å². The molecule has 1 aromatic carbocycles. The molecule has 3 rings (SSSR count). The van der Waals surface area contributed by atoms with Crippen LogP contribution in [0.25, 0.3) is 0 Å². The summed E-state index contributed by atoms with van der Waals surface area (Å²) in [5.41, 5.74) is 3.93. The molecule has 21 heavy (non-hydrogen) atoms. The van der Waals surface area contributed by atoms with Crippen LogP contribution in [-0.4, -0.2) is 29.1 Å². The molecule has 0 N–H and O–H groups in total. The Balaban J connectivity index is 1.83. The quantitative estimate of drug-likeness (QED) is 0.627. The number of rotatable bonds is 2. The molecule has 5 nitrogen and oxygen atoms in total. The number of hydrogen-bond donors (Lipinski definition) is 0. The van der Waals surface area contributed by atoms with E-state index < -0.39 is 0 Å². The standard InChI is InChI=1S/C16H16N4O/c1-12-6-5-8-14(18-12)10-17-20(2)16-15-9-4-3-7-13(15)11-21-19-16/h3-10H,11H2,1-2H3. The van der Waals surface area contributed by atoms with Crippen molar-refractivity contribution in [1.29, 1.82) is 0 Å². The fourth-order valence-electron chi connectivity index (χ4n) is 2.15. The molecule has 0 saturated heterocycles. The van der Waals surface area contributed by atoms with Gasteiger partial charge in [0.25, 0.3) is 0 Å². The van der Waals surface area contributed by atoms with Crippen LogP contribution >= 0.6 is 0 Å². The molecule has 0 amide bonds. The minimum Gasteiger partial charge on any atom is -0.389 e. The number of benzene rings is 1. The summed E-state index contributed by atoms with van der Waals surface area (Å²) in [4.78, 5) is 9.65. The van der Waals surface area contributed by atoms with Gasteiger partial charge >= 0.3 is 0 Å². The third-order valence-corrected chi connectivity index (χ3v) is 3.21. The third kappa shape index (κ3) is 2.91. The van der Waals surface area contributed by atoms with Crippen LogP contribution in [0.5, 0.6) is 0 Å². The fraction of sp³-hybridized carbons (Fsp3) is 0.188. The normalized spacial score (nSPS) is 13.5. The highest BCUT2D eigenvalue weighted by Gasteiger charge is 2.17. The maximum atomic E-state index is 5.26. The molecule has 2 aromatic rings. The van der Waals surface area contributed by atoms with Gasteiger partial charge in [0.1, 0.15) is 6.61 Å². The number of aryl methyl sites for hydroxylation is 1. The first-order valence-corrected chi connectivity index (χ1v) is 6.73. The van der Waals surface area contributed by atoms with E-state index in [1.807, 2.05) is 56.4 Å². The van der Waals surface area contributed by atoms with E-state index in [1.165, 1.54) is 0 Å². The van der Waals surface area contributed by atoms with Crippen molar-refractivity contribution in [2.45, 2.75) is 13.5 Å². The second-order valence-electron chi connectivity index (χ2n) is 4.82. The van der Waals surface area contributed by atoms with E-state index in [2.05, 4.69) is 15.2 Å². The zero-order valence-corrected chi connectivity index (χ0v) is 12.0. The molecule has 0 radical (unpaired) electrons. The summed E-state index contributed by atoms with van der Waals surface area (Å²) in [5, 5.41) is 10.2. The predicted octanol–water partition coefficient (Wildman–Crippen LogP) is 2.55. The van der Waals surface area contributed by atoms with Gasteiger partial charge in [-0.1, -0.05) is 35.5 Å². The molecule has 0 aliphatic carbocycles. The van der Waals surface area contributed by atoms with Gasteiger partial charge in [-0.2, -0.15) is 5.10 Å². The van der Waals surface area contributed by atoms with Crippen molar-refractivity contribution < 1.29 is 4.84 Å². The molecule has 0 unspecified atom stereocenters. The Morgan fingerprint density at radius 1 is 1.19 bits per heavy atom. The molecule has 106 valence electrons. The Morgan fingerprint density at radius 2 is 2.05 bits per heavy atom. The second kappa shape index (κ2) is 5.75. The lowest BCUT2D eigenvalue weighted by molar-refractivity contribution is 0.121. The number of nitrogens with zero attached hydrogens (tertiary/aromatic N) is 4. The molecule has 0 saturated carbocycles. The van der Waals surface area contributed by atoms with E-state index in [0.717, 1.165) is 22.5 Å². The van der Waals surface area contributed by atoms with Gasteiger partial charge in [0.05, 0.1) is 11.9 Å². The maximum absolute atomic E-state index is 5.26. The van der Waals surface area contributed by atoms with Gasteiger partial charge in [-0.15, -0.1) is 0 Å². The van der Waals surface area contributed by atoms with Gasteiger partial charge in [-0.3, -0.25) is 4.98 Å². The maximum Gasteiger partial charge on any atom is 0.195 e. The first kappa shape index (κ1) is 13.3. The van der Waals surface area contributed by atoms with Crippen molar-refractivity contribution >= 4 is 12.1 Å². The smallest absolute Gasteiger partial charge is 0.195 e. The van der Waals surface area contributed by atoms with Crippen molar-refractivity contribution in [3.63, 3.8) is 0 Å². The summed E-state index contributed by atoms with van der Waals surface area (Å²) in [7, 11) is 1.84. The number of hydrazone groups is 1. The van der Waals surface area contributed by atoms with Gasteiger partial charge in [-0.25, -0.2) is 5.01 Å². The molecule has 1 aliphatic rings. The zero-order chi connectivity index (χ0) is 14.7.